The molecular formula is C12H17NOS. The Bertz CT molecular complexity index is 314. The van der Waals surface area contributed by atoms with Crippen molar-refractivity contribution in [1.82, 2.24) is 4.90 Å². The molecule has 0 saturated carbocycles. The summed E-state index contributed by atoms with van der Waals surface area (Å²) >= 11 is 1.74. The van der Waals surface area contributed by atoms with Gasteiger partial charge >= 0.3 is 0 Å². The van der Waals surface area contributed by atoms with Crippen LogP contribution in [0, 0.1) is 5.92 Å². The number of likely N-dealkylation sites (tertiary alicyclic amines) is 1. The van der Waals surface area contributed by atoms with Crippen LogP contribution in [0.3, 0.4) is 0 Å². The van der Waals surface area contributed by atoms with Crippen molar-refractivity contribution in [3.63, 3.8) is 0 Å². The number of hydrogen-bond acceptors (Lipinski definition) is 2. The van der Waals surface area contributed by atoms with Crippen LogP contribution in [0.5, 0.6) is 0 Å². The van der Waals surface area contributed by atoms with Gasteiger partial charge in [0.1, 0.15) is 0 Å². The second-order valence-corrected chi connectivity index (χ2v) is 5.25. The lowest BCUT2D eigenvalue weighted by atomic mass is 10.1. The van der Waals surface area contributed by atoms with Crippen molar-refractivity contribution in [2.24, 2.45) is 5.92 Å². The van der Waals surface area contributed by atoms with Crippen LogP contribution >= 0.6 is 11.3 Å². The fourth-order valence-corrected chi connectivity index (χ4v) is 2.90. The third kappa shape index (κ3) is 2.59. The number of hydrogen-bond donors (Lipinski definition) is 0. The smallest absolute Gasteiger partial charge is 0.225 e. The zero-order valence-corrected chi connectivity index (χ0v) is 9.93. The van der Waals surface area contributed by atoms with Crippen LogP contribution in [-0.4, -0.2) is 23.9 Å². The molecule has 82 valence electrons. The molecule has 1 aliphatic heterocycles. The molecule has 2 nitrogen and oxygen atoms in total. The Labute approximate surface area is 94.9 Å². The van der Waals surface area contributed by atoms with E-state index in [1.165, 1.54) is 17.7 Å². The van der Waals surface area contributed by atoms with Crippen LogP contribution in [-0.2, 0) is 11.2 Å². The molecule has 3 heteroatoms. The van der Waals surface area contributed by atoms with E-state index < -0.39 is 0 Å². The Morgan fingerprint density at radius 2 is 2.27 bits per heavy atom. The lowest BCUT2D eigenvalue weighted by Crippen LogP contribution is -2.33. The summed E-state index contributed by atoms with van der Waals surface area (Å²) in [4.78, 5) is 15.3. The molecule has 1 saturated heterocycles. The maximum atomic E-state index is 12.0. The van der Waals surface area contributed by atoms with Crippen LogP contribution in [0.4, 0.5) is 0 Å². The van der Waals surface area contributed by atoms with Crippen LogP contribution in [0.1, 0.15) is 24.6 Å². The maximum Gasteiger partial charge on any atom is 0.225 e. The minimum Gasteiger partial charge on any atom is -0.342 e. The molecule has 1 aromatic rings. The van der Waals surface area contributed by atoms with E-state index in [-0.39, 0.29) is 5.92 Å². The highest BCUT2D eigenvalue weighted by Crippen LogP contribution is 2.18. The highest BCUT2D eigenvalue weighted by Gasteiger charge is 2.23. The molecule has 15 heavy (non-hydrogen) atoms. The monoisotopic (exact) mass is 223 g/mol. The third-order valence-corrected chi connectivity index (χ3v) is 3.83. The number of rotatable bonds is 3. The lowest BCUT2D eigenvalue weighted by Gasteiger charge is -2.19. The molecule has 1 atom stereocenters. The highest BCUT2D eigenvalue weighted by atomic mass is 32.1. The number of carbonyl (C=O) groups excluding carboxylic acids is 1. The van der Waals surface area contributed by atoms with Crippen LogP contribution in [0.2, 0.25) is 0 Å². The van der Waals surface area contributed by atoms with Crippen molar-refractivity contribution >= 4 is 17.2 Å². The Balaban J connectivity index is 1.89. The van der Waals surface area contributed by atoms with Gasteiger partial charge in [-0.2, -0.15) is 0 Å². The topological polar surface area (TPSA) is 20.3 Å². The zero-order valence-electron chi connectivity index (χ0n) is 9.11. The molecule has 1 aromatic heterocycles. The average molecular weight is 223 g/mol. The highest BCUT2D eigenvalue weighted by molar-refractivity contribution is 7.09. The van der Waals surface area contributed by atoms with Crippen molar-refractivity contribution in [3.05, 3.63) is 22.4 Å². The first kappa shape index (κ1) is 10.7. The van der Waals surface area contributed by atoms with Gasteiger partial charge in [-0.15, -0.1) is 11.3 Å². The lowest BCUT2D eigenvalue weighted by molar-refractivity contribution is -0.133. The summed E-state index contributed by atoms with van der Waals surface area (Å²) in [5.41, 5.74) is 0. The summed E-state index contributed by atoms with van der Waals surface area (Å²) < 4.78 is 0. The summed E-state index contributed by atoms with van der Waals surface area (Å²) in [5, 5.41) is 2.07. The second kappa shape index (κ2) is 4.79. The summed E-state index contributed by atoms with van der Waals surface area (Å²) in [6.45, 7) is 3.97. The van der Waals surface area contributed by atoms with Crippen molar-refractivity contribution < 1.29 is 4.79 Å². The number of carbonyl (C=O) groups is 1. The Kier molecular flexibility index (Phi) is 3.41. The minimum atomic E-state index is 0.141. The van der Waals surface area contributed by atoms with Gasteiger partial charge in [-0.05, 0) is 30.7 Å². The molecule has 1 unspecified atom stereocenters. The normalized spacial score (nSPS) is 18.1. The van der Waals surface area contributed by atoms with Crippen molar-refractivity contribution in [2.45, 2.75) is 26.2 Å². The third-order valence-electron chi connectivity index (χ3n) is 2.93. The first-order valence-corrected chi connectivity index (χ1v) is 6.46. The molecule has 2 rings (SSSR count). The first-order chi connectivity index (χ1) is 7.27. The largest absolute Gasteiger partial charge is 0.342 e. The molecule has 0 N–H and O–H groups in total. The SMILES string of the molecule is CC(Cc1cccs1)C(=O)N1CCCC1. The second-order valence-electron chi connectivity index (χ2n) is 4.22. The minimum absolute atomic E-state index is 0.141. The molecular weight excluding hydrogens is 206 g/mol. The Hall–Kier alpha value is -0.830. The number of thiophene rings is 1. The van der Waals surface area contributed by atoms with Gasteiger partial charge in [0, 0.05) is 23.9 Å². The summed E-state index contributed by atoms with van der Waals surface area (Å²) in [6.07, 6.45) is 3.25. The van der Waals surface area contributed by atoms with E-state index >= 15 is 0 Å². The molecule has 0 bridgehead atoms. The Morgan fingerprint density at radius 1 is 1.53 bits per heavy atom. The fourth-order valence-electron chi connectivity index (χ4n) is 2.07. The van der Waals surface area contributed by atoms with E-state index in [1.807, 2.05) is 17.9 Å². The van der Waals surface area contributed by atoms with E-state index in [9.17, 15) is 4.79 Å². The fraction of sp³-hybridized carbons (Fsp3) is 0.583. The van der Waals surface area contributed by atoms with E-state index in [0.29, 0.717) is 5.91 Å². The standard InChI is InChI=1S/C12H17NOS/c1-10(9-11-5-4-8-15-11)12(14)13-6-2-3-7-13/h4-5,8,10H,2-3,6-7,9H2,1H3. The zero-order chi connectivity index (χ0) is 10.7. The van der Waals surface area contributed by atoms with E-state index in [2.05, 4.69) is 11.4 Å². The predicted octanol–water partition coefficient (Wildman–Crippen LogP) is 2.55. The van der Waals surface area contributed by atoms with Gasteiger partial charge in [-0.1, -0.05) is 13.0 Å². The first-order valence-electron chi connectivity index (χ1n) is 5.58. The van der Waals surface area contributed by atoms with Crippen molar-refractivity contribution in [2.75, 3.05) is 13.1 Å². The van der Waals surface area contributed by atoms with Crippen LogP contribution < -0.4 is 0 Å². The molecule has 1 fully saturated rings. The predicted molar refractivity (Wildman–Crippen MR) is 63.0 cm³/mol. The number of nitrogens with zero attached hydrogens (tertiary/aromatic N) is 1. The average Bonchev–Trinajstić information content (AvgIpc) is 2.88. The molecule has 2 heterocycles. The van der Waals surface area contributed by atoms with Gasteiger partial charge in [-0.25, -0.2) is 0 Å². The van der Waals surface area contributed by atoms with Gasteiger partial charge < -0.3 is 4.90 Å². The van der Waals surface area contributed by atoms with Crippen molar-refractivity contribution in [1.29, 1.82) is 0 Å². The summed E-state index contributed by atoms with van der Waals surface area (Å²) in [7, 11) is 0. The number of amides is 1. The van der Waals surface area contributed by atoms with Crippen LogP contribution in [0.15, 0.2) is 17.5 Å². The van der Waals surface area contributed by atoms with E-state index in [4.69, 9.17) is 0 Å². The van der Waals surface area contributed by atoms with E-state index in [0.717, 1.165) is 19.5 Å². The molecule has 0 spiro atoms. The molecule has 0 aliphatic carbocycles. The molecule has 1 amide bonds. The quantitative estimate of drug-likeness (QED) is 0.771. The van der Waals surface area contributed by atoms with Crippen molar-refractivity contribution in [3.8, 4) is 0 Å². The van der Waals surface area contributed by atoms with Crippen LogP contribution in [0.25, 0.3) is 0 Å². The Morgan fingerprint density at radius 3 is 2.87 bits per heavy atom. The molecule has 1 aliphatic rings. The van der Waals surface area contributed by atoms with Gasteiger partial charge in [0.25, 0.3) is 0 Å². The van der Waals surface area contributed by atoms with E-state index in [1.54, 1.807) is 11.3 Å². The molecule has 0 aromatic carbocycles. The van der Waals surface area contributed by atoms with Gasteiger partial charge in [-0.3, -0.25) is 4.79 Å². The van der Waals surface area contributed by atoms with Gasteiger partial charge in [0.2, 0.25) is 5.91 Å². The van der Waals surface area contributed by atoms with Gasteiger partial charge in [0.05, 0.1) is 0 Å². The summed E-state index contributed by atoms with van der Waals surface area (Å²) in [5.74, 6) is 0.475. The maximum absolute atomic E-state index is 12.0. The van der Waals surface area contributed by atoms with Gasteiger partial charge in [0.15, 0.2) is 0 Å². The summed E-state index contributed by atoms with van der Waals surface area (Å²) in [6, 6.07) is 4.16. The molecule has 0 radical (unpaired) electrons.